The molecule has 1 atom stereocenters. The molecule has 0 fully saturated rings. The Morgan fingerprint density at radius 1 is 1.47 bits per heavy atom. The van der Waals surface area contributed by atoms with Crippen molar-refractivity contribution < 1.29 is 18.5 Å². The van der Waals surface area contributed by atoms with Crippen LogP contribution in [0.5, 0.6) is 0 Å². The van der Waals surface area contributed by atoms with Crippen LogP contribution in [-0.4, -0.2) is 26.2 Å². The van der Waals surface area contributed by atoms with Crippen molar-refractivity contribution in [2.24, 2.45) is 0 Å². The molecule has 0 bridgehead atoms. The highest BCUT2D eigenvalue weighted by Gasteiger charge is 2.26. The Hall–Kier alpha value is 1.65. The summed E-state index contributed by atoms with van der Waals surface area (Å²) >= 11 is 17.5. The van der Waals surface area contributed by atoms with Crippen LogP contribution >= 0.6 is 62.9 Å². The number of phosphoric acid groups is 1. The van der Waals surface area contributed by atoms with Crippen molar-refractivity contribution in [3.63, 3.8) is 0 Å². The molecule has 1 unspecified atom stereocenters. The monoisotopic (exact) mass is 406 g/mol. The van der Waals surface area contributed by atoms with Crippen molar-refractivity contribution in [1.82, 2.24) is 0 Å². The van der Waals surface area contributed by atoms with Gasteiger partial charge in [0.05, 0.1) is 17.0 Å². The van der Waals surface area contributed by atoms with E-state index in [4.69, 9.17) is 28.1 Å². The molecule has 0 spiro atoms. The molecule has 4 nitrogen and oxygen atoms in total. The largest absolute Gasteiger partial charge is 0.472 e. The number of phosphoric ester groups is 1. The number of halogens is 4. The molecule has 92 valence electrons. The maximum Gasteiger partial charge on any atom is 0.472 e. The minimum atomic E-state index is -4.06. The fraction of sp³-hybridized carbons (Fsp3) is 1.00. The summed E-state index contributed by atoms with van der Waals surface area (Å²) in [5.74, 6) is 0. The number of hydrogen-bond acceptors (Lipinski definition) is 3. The number of hydrogen-bond donors (Lipinski definition) is 1. The van der Waals surface area contributed by atoms with Gasteiger partial charge in [0, 0.05) is 0 Å². The van der Waals surface area contributed by atoms with E-state index in [9.17, 15) is 4.57 Å². The molecule has 0 radical (unpaired) electrons. The molecule has 0 saturated carbocycles. The van der Waals surface area contributed by atoms with Crippen molar-refractivity contribution in [2.45, 2.75) is 21.4 Å². The van der Waals surface area contributed by atoms with Crippen LogP contribution in [0, 0.1) is 0 Å². The first kappa shape index (κ1) is 16.6. The van der Waals surface area contributed by atoms with Gasteiger partial charge in [-0.2, -0.15) is 0 Å². The van der Waals surface area contributed by atoms with Gasteiger partial charge in [0.15, 0.2) is 0 Å². The van der Waals surface area contributed by atoms with Crippen LogP contribution in [0.4, 0.5) is 0 Å². The van der Waals surface area contributed by atoms with E-state index in [1.54, 1.807) is 0 Å². The van der Waals surface area contributed by atoms with E-state index >= 15 is 0 Å². The topological polar surface area (TPSA) is 55.8 Å². The van der Waals surface area contributed by atoms with Gasteiger partial charge in [-0.05, 0) is 13.3 Å². The Morgan fingerprint density at radius 2 is 2.00 bits per heavy atom. The first-order valence-electron chi connectivity index (χ1n) is 3.90. The molecule has 0 aromatic carbocycles. The van der Waals surface area contributed by atoms with Crippen molar-refractivity contribution in [3.05, 3.63) is 0 Å². The van der Waals surface area contributed by atoms with E-state index in [1.807, 2.05) is 0 Å². The van der Waals surface area contributed by atoms with Crippen molar-refractivity contribution in [3.8, 4) is 0 Å². The fourth-order valence-corrected chi connectivity index (χ4v) is 1.96. The van der Waals surface area contributed by atoms with Gasteiger partial charge in [0.1, 0.15) is 4.33 Å². The summed E-state index contributed by atoms with van der Waals surface area (Å²) in [5.41, 5.74) is 0. The highest BCUT2D eigenvalue weighted by atomic mass is 79.9. The fourth-order valence-electron chi connectivity index (χ4n) is 0.489. The van der Waals surface area contributed by atoms with Gasteiger partial charge < -0.3 is 4.89 Å². The van der Waals surface area contributed by atoms with Gasteiger partial charge in [0.25, 0.3) is 0 Å². The molecule has 0 amide bonds. The summed E-state index contributed by atoms with van der Waals surface area (Å²) < 4.78 is 19.2. The minimum absolute atomic E-state index is 0.0244. The van der Waals surface area contributed by atoms with E-state index in [0.717, 1.165) is 0 Å². The van der Waals surface area contributed by atoms with E-state index in [1.165, 1.54) is 6.92 Å². The number of alkyl halides is 4. The van der Waals surface area contributed by atoms with Gasteiger partial charge in [-0.1, -0.05) is 55.1 Å². The lowest BCUT2D eigenvalue weighted by atomic mass is 10.5. The van der Waals surface area contributed by atoms with Crippen LogP contribution in [0.2, 0.25) is 0 Å². The number of rotatable bonds is 7. The summed E-state index contributed by atoms with van der Waals surface area (Å²) in [5, 5.41) is 0. The maximum atomic E-state index is 11.2. The molecule has 0 aliphatic carbocycles. The summed E-state index contributed by atoms with van der Waals surface area (Å²) in [6.45, 7) is 1.25. The highest BCUT2D eigenvalue weighted by Crippen LogP contribution is 2.45. The summed E-state index contributed by atoms with van der Waals surface area (Å²) in [6.07, 6.45) is 0.521. The predicted octanol–water partition coefficient (Wildman–Crippen LogP) is 3.82. The second-order valence-electron chi connectivity index (χ2n) is 2.83. The normalized spacial score (nSPS) is 16.7. The smallest absolute Gasteiger partial charge is 0.302 e. The Labute approximate surface area is 115 Å². The average Bonchev–Trinajstić information content (AvgIpc) is 1.99. The average molecular weight is 409 g/mol. The molecule has 0 heterocycles. The van der Waals surface area contributed by atoms with Crippen LogP contribution in [-0.2, 0) is 13.6 Å². The van der Waals surface area contributed by atoms with Crippen LogP contribution in [0.15, 0.2) is 0 Å². The summed E-state index contributed by atoms with van der Waals surface area (Å²) in [4.78, 5) is 9.15. The molecule has 15 heavy (non-hydrogen) atoms. The van der Waals surface area contributed by atoms with Crippen molar-refractivity contribution >= 4 is 62.9 Å². The van der Waals surface area contributed by atoms with Crippen LogP contribution < -0.4 is 0 Å². The van der Waals surface area contributed by atoms with E-state index in [-0.39, 0.29) is 17.0 Å². The van der Waals surface area contributed by atoms with E-state index in [2.05, 4.69) is 40.9 Å². The van der Waals surface area contributed by atoms with Crippen LogP contribution in [0.3, 0.4) is 0 Å². The van der Waals surface area contributed by atoms with Crippen LogP contribution in [0.25, 0.3) is 0 Å². The molecular formula is C6H11Br2Cl2O4P. The zero-order valence-corrected chi connectivity index (χ0v) is 13.4. The first-order chi connectivity index (χ1) is 6.62. The SMILES string of the molecule is CC(Cl)(Cl)COP(=O)(O)OCCC(Br)Br. The molecule has 0 rings (SSSR count). The van der Waals surface area contributed by atoms with E-state index < -0.39 is 12.2 Å². The molecule has 9 heteroatoms. The second kappa shape index (κ2) is 7.17. The minimum Gasteiger partial charge on any atom is -0.302 e. The Morgan fingerprint density at radius 3 is 2.40 bits per heavy atom. The Balaban J connectivity index is 3.82. The van der Waals surface area contributed by atoms with Crippen molar-refractivity contribution in [2.75, 3.05) is 13.2 Å². The molecule has 0 aliphatic heterocycles. The van der Waals surface area contributed by atoms with Crippen LogP contribution in [0.1, 0.15) is 13.3 Å². The third-order valence-corrected chi connectivity index (χ3v) is 3.17. The lowest BCUT2D eigenvalue weighted by Gasteiger charge is -2.17. The first-order valence-corrected chi connectivity index (χ1v) is 7.98. The molecule has 0 aliphatic rings. The Kier molecular flexibility index (Phi) is 7.95. The van der Waals surface area contributed by atoms with Gasteiger partial charge in [0.2, 0.25) is 0 Å². The molecule has 0 aromatic heterocycles. The van der Waals surface area contributed by atoms with Gasteiger partial charge in [-0.15, -0.1) is 0 Å². The maximum absolute atomic E-state index is 11.2. The molecule has 0 aromatic rings. The molecule has 0 saturated heterocycles. The quantitative estimate of drug-likeness (QED) is 0.514. The third kappa shape index (κ3) is 11.9. The zero-order chi connectivity index (χ0) is 12.1. The summed E-state index contributed by atoms with van der Waals surface area (Å²) in [7, 11) is -4.06. The van der Waals surface area contributed by atoms with Gasteiger partial charge in [-0.25, -0.2) is 4.57 Å². The second-order valence-corrected chi connectivity index (χ2v) is 9.58. The third-order valence-electron chi connectivity index (χ3n) is 1.07. The molecule has 1 N–H and O–H groups in total. The highest BCUT2D eigenvalue weighted by molar-refractivity contribution is 9.24. The Bertz CT molecular complexity index is 234. The van der Waals surface area contributed by atoms with E-state index in [0.29, 0.717) is 6.42 Å². The standard InChI is InChI=1S/C6H11Br2Cl2O4P/c1-6(9,10)4-14-15(11,12)13-3-2-5(7)8/h5H,2-4H2,1H3,(H,11,12). The summed E-state index contributed by atoms with van der Waals surface area (Å²) in [6, 6.07) is 0. The van der Waals surface area contributed by atoms with Crippen molar-refractivity contribution in [1.29, 1.82) is 0 Å². The molecular weight excluding hydrogens is 398 g/mol. The predicted molar refractivity (Wildman–Crippen MR) is 68.1 cm³/mol. The zero-order valence-electron chi connectivity index (χ0n) is 7.83. The lowest BCUT2D eigenvalue weighted by Crippen LogP contribution is -2.15. The van der Waals surface area contributed by atoms with Gasteiger partial charge >= 0.3 is 7.82 Å². The van der Waals surface area contributed by atoms with Gasteiger partial charge in [-0.3, -0.25) is 9.05 Å². The lowest BCUT2D eigenvalue weighted by molar-refractivity contribution is 0.147.